The topological polar surface area (TPSA) is 57.8 Å². The van der Waals surface area contributed by atoms with Crippen molar-refractivity contribution in [3.8, 4) is 0 Å². The molecule has 92 valence electrons. The zero-order chi connectivity index (χ0) is 12.3. The van der Waals surface area contributed by atoms with Crippen molar-refractivity contribution in [1.82, 2.24) is 15.3 Å². The van der Waals surface area contributed by atoms with Gasteiger partial charge in [0.05, 0.1) is 12.1 Å². The second-order valence-electron chi connectivity index (χ2n) is 4.51. The van der Waals surface area contributed by atoms with Crippen molar-refractivity contribution in [3.05, 3.63) is 27.6 Å². The summed E-state index contributed by atoms with van der Waals surface area (Å²) in [6.07, 6.45) is 1.13. The van der Waals surface area contributed by atoms with Gasteiger partial charge in [-0.1, -0.05) is 13.8 Å². The molecule has 0 unspecified atom stereocenters. The van der Waals surface area contributed by atoms with Crippen LogP contribution in [0.2, 0.25) is 0 Å². The minimum Gasteiger partial charge on any atom is -0.310 e. The number of hydrogen-bond acceptors (Lipinski definition) is 4. The fraction of sp³-hybridized carbons (Fsp3) is 0.500. The summed E-state index contributed by atoms with van der Waals surface area (Å²) in [6, 6.07) is 1.88. The lowest BCUT2D eigenvalue weighted by Gasteiger charge is -2.06. The molecule has 0 atom stereocenters. The van der Waals surface area contributed by atoms with Gasteiger partial charge in [0.2, 0.25) is 0 Å². The molecule has 4 nitrogen and oxygen atoms in total. The van der Waals surface area contributed by atoms with Crippen molar-refractivity contribution in [2.75, 3.05) is 6.54 Å². The number of hydrogen-bond donors (Lipinski definition) is 2. The molecular formula is C12H17N3OS. The van der Waals surface area contributed by atoms with Crippen LogP contribution in [0.25, 0.3) is 10.2 Å². The first kappa shape index (κ1) is 12.3. The number of fused-ring (bicyclic) bond motifs is 1. The van der Waals surface area contributed by atoms with Crippen LogP contribution < -0.4 is 10.9 Å². The molecule has 0 aromatic carbocycles. The summed E-state index contributed by atoms with van der Waals surface area (Å²) < 4.78 is 0.705. The molecule has 0 radical (unpaired) electrons. The van der Waals surface area contributed by atoms with Gasteiger partial charge in [-0.2, -0.15) is 0 Å². The third-order valence-corrected chi connectivity index (χ3v) is 3.46. The number of rotatable bonds is 5. The van der Waals surface area contributed by atoms with Crippen molar-refractivity contribution in [2.24, 2.45) is 5.92 Å². The molecule has 0 spiro atoms. The Morgan fingerprint density at radius 2 is 2.35 bits per heavy atom. The maximum atomic E-state index is 11.7. The van der Waals surface area contributed by atoms with E-state index < -0.39 is 0 Å². The Labute approximate surface area is 104 Å². The molecule has 2 heterocycles. The largest absolute Gasteiger partial charge is 0.310 e. The third-order valence-electron chi connectivity index (χ3n) is 2.55. The minimum atomic E-state index is -0.0364. The van der Waals surface area contributed by atoms with E-state index in [9.17, 15) is 4.79 Å². The average molecular weight is 251 g/mol. The molecule has 0 aliphatic rings. The van der Waals surface area contributed by atoms with E-state index in [0.717, 1.165) is 18.5 Å². The first-order chi connectivity index (χ1) is 8.16. The van der Waals surface area contributed by atoms with Gasteiger partial charge in [-0.3, -0.25) is 4.79 Å². The Hall–Kier alpha value is -1.20. The molecule has 0 amide bonds. The van der Waals surface area contributed by atoms with Crippen molar-refractivity contribution in [2.45, 2.75) is 26.8 Å². The summed E-state index contributed by atoms with van der Waals surface area (Å²) in [5, 5.41) is 5.18. The number of nitrogens with zero attached hydrogens (tertiary/aromatic N) is 1. The molecule has 0 saturated heterocycles. The van der Waals surface area contributed by atoms with E-state index in [1.165, 1.54) is 11.3 Å². The summed E-state index contributed by atoms with van der Waals surface area (Å²) in [5.74, 6) is 1.40. The van der Waals surface area contributed by atoms with Crippen molar-refractivity contribution in [3.63, 3.8) is 0 Å². The number of H-pyrrole nitrogens is 1. The molecule has 0 fully saturated rings. The van der Waals surface area contributed by atoms with Crippen LogP contribution in [-0.4, -0.2) is 16.5 Å². The van der Waals surface area contributed by atoms with Crippen LogP contribution in [0.3, 0.4) is 0 Å². The summed E-state index contributed by atoms with van der Waals surface area (Å²) >= 11 is 1.43. The second kappa shape index (κ2) is 5.42. The summed E-state index contributed by atoms with van der Waals surface area (Å²) in [4.78, 5) is 18.9. The fourth-order valence-electron chi connectivity index (χ4n) is 1.60. The molecule has 5 heteroatoms. The highest BCUT2D eigenvalue weighted by Gasteiger charge is 2.04. The van der Waals surface area contributed by atoms with E-state index in [1.807, 2.05) is 11.4 Å². The van der Waals surface area contributed by atoms with Crippen LogP contribution in [0.1, 0.15) is 26.1 Å². The van der Waals surface area contributed by atoms with Crippen LogP contribution in [0.5, 0.6) is 0 Å². The SMILES string of the molecule is CC(C)CCNCc1nc2ccsc2c(=O)[nH]1. The molecule has 17 heavy (non-hydrogen) atoms. The molecule has 0 aliphatic heterocycles. The summed E-state index contributed by atoms with van der Waals surface area (Å²) in [7, 11) is 0. The number of aromatic nitrogens is 2. The Morgan fingerprint density at radius 3 is 3.12 bits per heavy atom. The lowest BCUT2D eigenvalue weighted by Crippen LogP contribution is -2.20. The molecule has 2 aromatic rings. The Bertz CT molecular complexity index is 544. The quantitative estimate of drug-likeness (QED) is 0.800. The van der Waals surface area contributed by atoms with Gasteiger partial charge in [0.15, 0.2) is 0 Å². The van der Waals surface area contributed by atoms with Gasteiger partial charge in [-0.15, -0.1) is 11.3 Å². The molecule has 0 aliphatic carbocycles. The minimum absolute atomic E-state index is 0.0364. The molecule has 0 saturated carbocycles. The fourth-order valence-corrected chi connectivity index (χ4v) is 2.33. The van der Waals surface area contributed by atoms with Gasteiger partial charge in [0, 0.05) is 0 Å². The van der Waals surface area contributed by atoms with E-state index in [2.05, 4.69) is 29.1 Å². The first-order valence-corrected chi connectivity index (χ1v) is 6.72. The highest BCUT2D eigenvalue weighted by Crippen LogP contribution is 2.13. The van der Waals surface area contributed by atoms with Crippen LogP contribution in [-0.2, 0) is 6.54 Å². The lowest BCUT2D eigenvalue weighted by atomic mass is 10.1. The highest BCUT2D eigenvalue weighted by molar-refractivity contribution is 7.17. The Kier molecular flexibility index (Phi) is 3.91. The zero-order valence-corrected chi connectivity index (χ0v) is 10.9. The van der Waals surface area contributed by atoms with Crippen LogP contribution >= 0.6 is 11.3 Å². The average Bonchev–Trinajstić information content (AvgIpc) is 2.72. The van der Waals surface area contributed by atoms with Crippen molar-refractivity contribution >= 4 is 21.6 Å². The Morgan fingerprint density at radius 1 is 1.53 bits per heavy atom. The number of thiophene rings is 1. The molecular weight excluding hydrogens is 234 g/mol. The molecule has 2 N–H and O–H groups in total. The standard InChI is InChI=1S/C12H17N3OS/c1-8(2)3-5-13-7-10-14-9-4-6-17-11(9)12(16)15-10/h4,6,8,13H,3,5,7H2,1-2H3,(H,14,15,16). The van der Waals surface area contributed by atoms with Crippen LogP contribution in [0, 0.1) is 5.92 Å². The van der Waals surface area contributed by atoms with Crippen LogP contribution in [0.4, 0.5) is 0 Å². The second-order valence-corrected chi connectivity index (χ2v) is 5.42. The zero-order valence-electron chi connectivity index (χ0n) is 10.1. The molecule has 2 aromatic heterocycles. The van der Waals surface area contributed by atoms with E-state index in [0.29, 0.717) is 23.0 Å². The predicted molar refractivity (Wildman–Crippen MR) is 71.4 cm³/mol. The summed E-state index contributed by atoms with van der Waals surface area (Å²) in [5.41, 5.74) is 0.755. The third kappa shape index (κ3) is 3.14. The van der Waals surface area contributed by atoms with Gasteiger partial charge in [-0.25, -0.2) is 4.98 Å². The van der Waals surface area contributed by atoms with Gasteiger partial charge < -0.3 is 10.3 Å². The number of aromatic amines is 1. The number of nitrogens with one attached hydrogen (secondary N) is 2. The van der Waals surface area contributed by atoms with Gasteiger partial charge in [-0.05, 0) is 30.3 Å². The van der Waals surface area contributed by atoms with Gasteiger partial charge in [0.25, 0.3) is 5.56 Å². The monoisotopic (exact) mass is 251 g/mol. The normalized spacial score (nSPS) is 11.5. The molecule has 2 rings (SSSR count). The lowest BCUT2D eigenvalue weighted by molar-refractivity contribution is 0.532. The highest BCUT2D eigenvalue weighted by atomic mass is 32.1. The van der Waals surface area contributed by atoms with Gasteiger partial charge >= 0.3 is 0 Å². The van der Waals surface area contributed by atoms with Gasteiger partial charge in [0.1, 0.15) is 10.5 Å². The predicted octanol–water partition coefficient (Wildman–Crippen LogP) is 2.12. The van der Waals surface area contributed by atoms with E-state index in [4.69, 9.17) is 0 Å². The van der Waals surface area contributed by atoms with E-state index in [1.54, 1.807) is 0 Å². The first-order valence-electron chi connectivity index (χ1n) is 5.84. The van der Waals surface area contributed by atoms with Crippen molar-refractivity contribution < 1.29 is 0 Å². The van der Waals surface area contributed by atoms with Crippen molar-refractivity contribution in [1.29, 1.82) is 0 Å². The van der Waals surface area contributed by atoms with E-state index >= 15 is 0 Å². The smallest absolute Gasteiger partial charge is 0.268 e. The molecule has 0 bridgehead atoms. The summed E-state index contributed by atoms with van der Waals surface area (Å²) in [6.45, 7) is 5.95. The Balaban J connectivity index is 2.01. The maximum absolute atomic E-state index is 11.7. The van der Waals surface area contributed by atoms with E-state index in [-0.39, 0.29) is 5.56 Å². The van der Waals surface area contributed by atoms with Crippen LogP contribution in [0.15, 0.2) is 16.2 Å². The maximum Gasteiger partial charge on any atom is 0.268 e.